The molecule has 0 radical (unpaired) electrons. The number of ether oxygens (including phenoxy) is 1. The third-order valence-corrected chi connectivity index (χ3v) is 6.34. The Balaban J connectivity index is 1.45. The fourth-order valence-electron chi connectivity index (χ4n) is 4.05. The first kappa shape index (κ1) is 23.8. The van der Waals surface area contributed by atoms with Crippen molar-refractivity contribution in [3.63, 3.8) is 0 Å². The number of carbonyl (C=O) groups excluding carboxylic acids is 2. The van der Waals surface area contributed by atoms with E-state index in [9.17, 15) is 9.59 Å². The van der Waals surface area contributed by atoms with Crippen LogP contribution in [-0.4, -0.2) is 73.4 Å². The van der Waals surface area contributed by atoms with Gasteiger partial charge in [0, 0.05) is 39.6 Å². The van der Waals surface area contributed by atoms with Crippen LogP contribution in [-0.2, 0) is 16.0 Å². The highest BCUT2D eigenvalue weighted by Crippen LogP contribution is 2.19. The van der Waals surface area contributed by atoms with E-state index in [-0.39, 0.29) is 17.9 Å². The van der Waals surface area contributed by atoms with Crippen LogP contribution in [0.1, 0.15) is 36.9 Å². The van der Waals surface area contributed by atoms with Crippen molar-refractivity contribution in [1.82, 2.24) is 14.7 Å². The maximum absolute atomic E-state index is 12.9. The van der Waals surface area contributed by atoms with Crippen molar-refractivity contribution in [3.05, 3.63) is 65.7 Å². The molecule has 2 aromatic rings. The van der Waals surface area contributed by atoms with Crippen molar-refractivity contribution in [2.24, 2.45) is 0 Å². The molecule has 0 saturated carbocycles. The molecule has 0 N–H and O–H groups in total. The van der Waals surface area contributed by atoms with Crippen LogP contribution >= 0.6 is 0 Å². The summed E-state index contributed by atoms with van der Waals surface area (Å²) in [7, 11) is 3.52. The molecule has 1 fully saturated rings. The van der Waals surface area contributed by atoms with Gasteiger partial charge in [-0.1, -0.05) is 42.5 Å². The van der Waals surface area contributed by atoms with E-state index in [1.807, 2.05) is 59.3 Å². The van der Waals surface area contributed by atoms with Gasteiger partial charge in [-0.3, -0.25) is 14.5 Å². The zero-order chi connectivity index (χ0) is 22.9. The molecule has 1 heterocycles. The zero-order valence-corrected chi connectivity index (χ0v) is 19.5. The Morgan fingerprint density at radius 2 is 1.72 bits per heavy atom. The minimum atomic E-state index is 0.0340. The predicted octanol–water partition coefficient (Wildman–Crippen LogP) is 3.38. The number of benzene rings is 2. The maximum Gasteiger partial charge on any atom is 0.236 e. The lowest BCUT2D eigenvalue weighted by atomic mass is 10.1. The van der Waals surface area contributed by atoms with Gasteiger partial charge in [-0.25, -0.2) is 0 Å². The summed E-state index contributed by atoms with van der Waals surface area (Å²) in [5.74, 6) is 1.12. The molecule has 1 saturated heterocycles. The molecule has 0 aromatic heterocycles. The third-order valence-electron chi connectivity index (χ3n) is 6.34. The Morgan fingerprint density at radius 3 is 2.41 bits per heavy atom. The van der Waals surface area contributed by atoms with E-state index in [1.54, 1.807) is 7.11 Å². The summed E-state index contributed by atoms with van der Waals surface area (Å²) in [6, 6.07) is 18.0. The fourth-order valence-corrected chi connectivity index (χ4v) is 4.05. The van der Waals surface area contributed by atoms with E-state index in [0.717, 1.165) is 49.4 Å². The maximum atomic E-state index is 12.9. The van der Waals surface area contributed by atoms with Crippen LogP contribution in [0.2, 0.25) is 0 Å². The molecule has 6 heteroatoms. The molecule has 1 unspecified atom stereocenters. The van der Waals surface area contributed by atoms with Crippen molar-refractivity contribution in [1.29, 1.82) is 0 Å². The minimum Gasteiger partial charge on any atom is -0.497 e. The number of nitrogens with zero attached hydrogens (tertiary/aromatic N) is 3. The molecule has 0 aliphatic carbocycles. The first-order chi connectivity index (χ1) is 15.5. The van der Waals surface area contributed by atoms with Gasteiger partial charge in [0.2, 0.25) is 11.8 Å². The molecule has 32 heavy (non-hydrogen) atoms. The molecule has 3 rings (SSSR count). The van der Waals surface area contributed by atoms with Gasteiger partial charge in [-0.05, 0) is 43.0 Å². The van der Waals surface area contributed by atoms with E-state index in [0.29, 0.717) is 19.5 Å². The number of methoxy groups -OCH3 is 1. The summed E-state index contributed by atoms with van der Waals surface area (Å²) in [5.41, 5.74) is 2.27. The number of carbonyl (C=O) groups is 2. The normalized spacial score (nSPS) is 15.7. The highest BCUT2D eigenvalue weighted by molar-refractivity contribution is 5.78. The van der Waals surface area contributed by atoms with Gasteiger partial charge >= 0.3 is 0 Å². The van der Waals surface area contributed by atoms with Gasteiger partial charge < -0.3 is 14.5 Å². The van der Waals surface area contributed by atoms with E-state index < -0.39 is 0 Å². The Kier molecular flexibility index (Phi) is 8.68. The average Bonchev–Trinajstić information content (AvgIpc) is 3.08. The number of aryl methyl sites for hydroxylation is 1. The van der Waals surface area contributed by atoms with Crippen molar-refractivity contribution in [3.8, 4) is 5.75 Å². The Labute approximate surface area is 191 Å². The van der Waals surface area contributed by atoms with Crippen molar-refractivity contribution in [2.75, 3.05) is 46.9 Å². The van der Waals surface area contributed by atoms with Crippen LogP contribution < -0.4 is 4.74 Å². The molecule has 1 atom stereocenters. The van der Waals surface area contributed by atoms with Crippen LogP contribution in [0.25, 0.3) is 0 Å². The van der Waals surface area contributed by atoms with Crippen molar-refractivity contribution >= 4 is 11.8 Å². The highest BCUT2D eigenvalue weighted by Gasteiger charge is 2.23. The van der Waals surface area contributed by atoms with Gasteiger partial charge in [0.1, 0.15) is 5.75 Å². The van der Waals surface area contributed by atoms with Gasteiger partial charge in [-0.15, -0.1) is 0 Å². The molecule has 2 aromatic carbocycles. The first-order valence-corrected chi connectivity index (χ1v) is 11.4. The lowest BCUT2D eigenvalue weighted by molar-refractivity contribution is -0.133. The Bertz CT molecular complexity index is 870. The van der Waals surface area contributed by atoms with Gasteiger partial charge in [0.15, 0.2) is 0 Å². The van der Waals surface area contributed by atoms with Gasteiger partial charge in [0.05, 0.1) is 19.7 Å². The second-order valence-corrected chi connectivity index (χ2v) is 8.45. The molecule has 0 spiro atoms. The van der Waals surface area contributed by atoms with Crippen LogP contribution in [0.5, 0.6) is 5.75 Å². The summed E-state index contributed by atoms with van der Waals surface area (Å²) in [6.45, 7) is 5.44. The number of amides is 2. The lowest BCUT2D eigenvalue weighted by Gasteiger charge is -2.28. The van der Waals surface area contributed by atoms with Crippen LogP contribution in [0, 0.1) is 0 Å². The molecule has 2 amide bonds. The highest BCUT2D eigenvalue weighted by atomic mass is 16.5. The smallest absolute Gasteiger partial charge is 0.236 e. The molecule has 1 aliphatic rings. The molecular weight excluding hydrogens is 402 g/mol. The van der Waals surface area contributed by atoms with E-state index in [2.05, 4.69) is 24.0 Å². The SMILES string of the molecule is COc1ccc(CCC(=O)N2CCCN(CC(=O)N(C)C(C)c3ccccc3)CC2)cc1. The lowest BCUT2D eigenvalue weighted by Crippen LogP contribution is -2.41. The second-order valence-electron chi connectivity index (χ2n) is 8.45. The number of rotatable bonds is 8. The van der Waals surface area contributed by atoms with Crippen molar-refractivity contribution in [2.45, 2.75) is 32.2 Å². The molecule has 0 bridgehead atoms. The Morgan fingerprint density at radius 1 is 1.00 bits per heavy atom. The van der Waals surface area contributed by atoms with E-state index in [4.69, 9.17) is 4.74 Å². The number of hydrogen-bond donors (Lipinski definition) is 0. The van der Waals surface area contributed by atoms with Gasteiger partial charge in [0.25, 0.3) is 0 Å². The van der Waals surface area contributed by atoms with Gasteiger partial charge in [-0.2, -0.15) is 0 Å². The molecule has 172 valence electrons. The molecule has 6 nitrogen and oxygen atoms in total. The number of likely N-dealkylation sites (N-methyl/N-ethyl adjacent to an activating group) is 1. The summed E-state index contributed by atoms with van der Waals surface area (Å²) < 4.78 is 5.18. The average molecular weight is 438 g/mol. The number of hydrogen-bond acceptors (Lipinski definition) is 4. The summed E-state index contributed by atoms with van der Waals surface area (Å²) in [6.07, 6.45) is 2.12. The predicted molar refractivity (Wildman–Crippen MR) is 127 cm³/mol. The Hall–Kier alpha value is -2.86. The summed E-state index contributed by atoms with van der Waals surface area (Å²) in [4.78, 5) is 31.5. The third kappa shape index (κ3) is 6.57. The molecular formula is C26H35N3O3. The van der Waals surface area contributed by atoms with E-state index in [1.165, 1.54) is 0 Å². The summed E-state index contributed by atoms with van der Waals surface area (Å²) >= 11 is 0. The quantitative estimate of drug-likeness (QED) is 0.635. The monoisotopic (exact) mass is 437 g/mol. The molecule has 1 aliphatic heterocycles. The standard InChI is InChI=1S/C26H35N3O3/c1-21(23-8-5-4-6-9-23)27(2)26(31)20-28-16-7-17-29(19-18-28)25(30)15-12-22-10-13-24(32-3)14-11-22/h4-6,8-11,13-14,21H,7,12,15-20H2,1-3H3. The van der Waals surface area contributed by atoms with Crippen LogP contribution in [0.3, 0.4) is 0 Å². The second kappa shape index (κ2) is 11.7. The first-order valence-electron chi connectivity index (χ1n) is 11.4. The largest absolute Gasteiger partial charge is 0.497 e. The topological polar surface area (TPSA) is 53.1 Å². The summed E-state index contributed by atoms with van der Waals surface area (Å²) in [5, 5.41) is 0. The van der Waals surface area contributed by atoms with Crippen LogP contribution in [0.4, 0.5) is 0 Å². The minimum absolute atomic E-state index is 0.0340. The van der Waals surface area contributed by atoms with Crippen molar-refractivity contribution < 1.29 is 14.3 Å². The zero-order valence-electron chi connectivity index (χ0n) is 19.5. The van der Waals surface area contributed by atoms with Crippen LogP contribution in [0.15, 0.2) is 54.6 Å². The fraction of sp³-hybridized carbons (Fsp3) is 0.462. The van der Waals surface area contributed by atoms with E-state index >= 15 is 0 Å².